The monoisotopic (exact) mass is 538 g/mol. The lowest BCUT2D eigenvalue weighted by atomic mass is 10.1. The van der Waals surface area contributed by atoms with Crippen molar-refractivity contribution in [3.8, 4) is 28.8 Å². The molecule has 2 aromatic heterocycles. The summed E-state index contributed by atoms with van der Waals surface area (Å²) in [7, 11) is -2.33. The van der Waals surface area contributed by atoms with Crippen LogP contribution in [0.15, 0.2) is 43.0 Å². The van der Waals surface area contributed by atoms with Gasteiger partial charge in [-0.1, -0.05) is 50.9 Å². The summed E-state index contributed by atoms with van der Waals surface area (Å²) in [5.41, 5.74) is 0.972. The number of anilines is 1. The van der Waals surface area contributed by atoms with E-state index in [-0.39, 0.29) is 37.5 Å². The quantitative estimate of drug-likeness (QED) is 0.326. The van der Waals surface area contributed by atoms with Gasteiger partial charge in [0, 0.05) is 11.6 Å². The van der Waals surface area contributed by atoms with Crippen LogP contribution in [0.3, 0.4) is 0 Å². The van der Waals surface area contributed by atoms with Crippen molar-refractivity contribution in [2.45, 2.75) is 33.6 Å². The van der Waals surface area contributed by atoms with E-state index in [4.69, 9.17) is 25.8 Å². The average Bonchev–Trinajstić information content (AvgIpc) is 2.87. The Kier molecular flexibility index (Phi) is 12.1. The molecule has 0 bridgehead atoms. The Balaban J connectivity index is 0.00000145. The van der Waals surface area contributed by atoms with Crippen LogP contribution in [0.4, 0.5) is 5.82 Å². The second-order valence-electron chi connectivity index (χ2n) is 7.22. The highest BCUT2D eigenvalue weighted by Gasteiger charge is 2.19. The normalized spacial score (nSPS) is 10.7. The minimum atomic E-state index is -3.84. The zero-order valence-corrected chi connectivity index (χ0v) is 22.3. The fourth-order valence-electron chi connectivity index (χ4n) is 2.59. The van der Waals surface area contributed by atoms with E-state index in [2.05, 4.69) is 43.2 Å². The average molecular weight is 539 g/mol. The first-order valence-corrected chi connectivity index (χ1v) is 13.2. The van der Waals surface area contributed by atoms with Crippen molar-refractivity contribution in [3.63, 3.8) is 0 Å². The summed E-state index contributed by atoms with van der Waals surface area (Å²) in [6.07, 6.45) is 6.06. The maximum atomic E-state index is 12.4. The lowest BCUT2D eigenvalue weighted by Gasteiger charge is -2.15. The first-order valence-electron chi connectivity index (χ1n) is 11.3. The fourth-order valence-corrected chi connectivity index (χ4v) is 3.67. The van der Waals surface area contributed by atoms with Crippen molar-refractivity contribution in [1.82, 2.24) is 24.7 Å². The Morgan fingerprint density at radius 1 is 0.944 bits per heavy atom. The van der Waals surface area contributed by atoms with E-state index in [9.17, 15) is 8.42 Å². The minimum absolute atomic E-state index is 0.0605. The SMILES string of the molecule is CCC.CCCNS(=O)(=O)Nc1ncnc(OCCOc2ncc(OC)cn2)c1-c1ccc(Cl)cc1. The number of halogens is 1. The Hall–Kier alpha value is -3.22. The molecule has 0 spiro atoms. The second-order valence-corrected chi connectivity index (χ2v) is 9.15. The zero-order chi connectivity index (χ0) is 26.4. The molecule has 0 aliphatic heterocycles. The van der Waals surface area contributed by atoms with Gasteiger partial charge >= 0.3 is 6.01 Å². The van der Waals surface area contributed by atoms with Crippen molar-refractivity contribution in [2.24, 2.45) is 0 Å². The van der Waals surface area contributed by atoms with Gasteiger partial charge in [0.05, 0.1) is 25.1 Å². The number of ether oxygens (including phenoxy) is 3. The van der Waals surface area contributed by atoms with Crippen LogP contribution in [0.1, 0.15) is 33.6 Å². The zero-order valence-electron chi connectivity index (χ0n) is 20.7. The molecule has 1 aromatic carbocycles. The highest BCUT2D eigenvalue weighted by atomic mass is 35.5. The third kappa shape index (κ3) is 9.44. The molecule has 0 amide bonds. The molecule has 2 N–H and O–H groups in total. The van der Waals surface area contributed by atoms with Gasteiger partial charge in [-0.25, -0.2) is 9.97 Å². The van der Waals surface area contributed by atoms with Gasteiger partial charge in [0.2, 0.25) is 5.88 Å². The summed E-state index contributed by atoms with van der Waals surface area (Å²) in [4.78, 5) is 16.3. The molecule has 0 aliphatic carbocycles. The lowest BCUT2D eigenvalue weighted by molar-refractivity contribution is 0.201. The number of hydrogen-bond donors (Lipinski definition) is 2. The third-order valence-electron chi connectivity index (χ3n) is 4.11. The first kappa shape index (κ1) is 29.0. The first-order chi connectivity index (χ1) is 17.3. The Morgan fingerprint density at radius 2 is 1.58 bits per heavy atom. The minimum Gasteiger partial charge on any atom is -0.494 e. The van der Waals surface area contributed by atoms with Gasteiger partial charge in [-0.15, -0.1) is 0 Å². The van der Waals surface area contributed by atoms with Gasteiger partial charge in [0.15, 0.2) is 11.6 Å². The topological polar surface area (TPSA) is 137 Å². The molecular formula is C23H31ClN6O5S. The van der Waals surface area contributed by atoms with E-state index in [0.717, 1.165) is 0 Å². The Morgan fingerprint density at radius 3 is 2.19 bits per heavy atom. The van der Waals surface area contributed by atoms with Crippen molar-refractivity contribution >= 4 is 27.6 Å². The van der Waals surface area contributed by atoms with Crippen LogP contribution in [0, 0.1) is 0 Å². The molecule has 0 aliphatic rings. The molecular weight excluding hydrogens is 508 g/mol. The van der Waals surface area contributed by atoms with E-state index in [1.807, 2.05) is 6.92 Å². The van der Waals surface area contributed by atoms with Crippen molar-refractivity contribution in [2.75, 3.05) is 31.6 Å². The van der Waals surface area contributed by atoms with Gasteiger partial charge in [-0.05, 0) is 24.1 Å². The van der Waals surface area contributed by atoms with Gasteiger partial charge in [0.1, 0.15) is 19.5 Å². The molecule has 0 fully saturated rings. The molecule has 3 rings (SSSR count). The van der Waals surface area contributed by atoms with Gasteiger partial charge in [0.25, 0.3) is 10.2 Å². The van der Waals surface area contributed by atoms with E-state index >= 15 is 0 Å². The molecule has 2 heterocycles. The van der Waals surface area contributed by atoms with Gasteiger partial charge < -0.3 is 14.2 Å². The number of benzene rings is 1. The number of nitrogens with zero attached hydrogens (tertiary/aromatic N) is 4. The smallest absolute Gasteiger partial charge is 0.316 e. The molecule has 0 unspecified atom stereocenters. The van der Waals surface area contributed by atoms with Crippen LogP contribution in [0.5, 0.6) is 17.6 Å². The second kappa shape index (κ2) is 15.0. The molecule has 13 heteroatoms. The summed E-state index contributed by atoms with van der Waals surface area (Å²) in [5, 5.41) is 0.526. The van der Waals surface area contributed by atoms with Crippen LogP contribution < -0.4 is 23.7 Å². The van der Waals surface area contributed by atoms with Crippen LogP contribution in [0.2, 0.25) is 5.02 Å². The molecule has 0 atom stereocenters. The standard InChI is InChI=1S/C20H23ClN6O5S.C3H8/c1-3-8-26-33(28,29)27-18-17(14-4-6-15(21)7-5-14)19(25-13-24-18)31-9-10-32-20-22-11-16(30-2)12-23-20;1-3-2/h4-7,11-13,26H,3,8-10H2,1-2H3,(H,24,25,27);3H2,1-2H3. The van der Waals surface area contributed by atoms with Crippen LogP contribution in [-0.4, -0.2) is 55.2 Å². The maximum absolute atomic E-state index is 12.4. The van der Waals surface area contributed by atoms with Crippen molar-refractivity contribution in [3.05, 3.63) is 48.0 Å². The summed E-state index contributed by atoms with van der Waals surface area (Å²) in [6.45, 7) is 6.60. The third-order valence-corrected chi connectivity index (χ3v) is 5.41. The highest BCUT2D eigenvalue weighted by molar-refractivity contribution is 7.90. The fraction of sp³-hybridized carbons (Fsp3) is 0.391. The molecule has 36 heavy (non-hydrogen) atoms. The summed E-state index contributed by atoms with van der Waals surface area (Å²) in [5.74, 6) is 0.737. The van der Waals surface area contributed by atoms with Crippen LogP contribution in [0.25, 0.3) is 11.1 Å². The van der Waals surface area contributed by atoms with E-state index in [0.29, 0.717) is 28.3 Å². The number of hydrogen-bond acceptors (Lipinski definition) is 9. The molecule has 0 radical (unpaired) electrons. The van der Waals surface area contributed by atoms with Gasteiger partial charge in [-0.2, -0.15) is 23.1 Å². The predicted molar refractivity (Wildman–Crippen MR) is 139 cm³/mol. The number of methoxy groups -OCH3 is 1. The van der Waals surface area contributed by atoms with E-state index in [1.165, 1.54) is 32.3 Å². The van der Waals surface area contributed by atoms with Crippen LogP contribution in [-0.2, 0) is 10.2 Å². The summed E-state index contributed by atoms with van der Waals surface area (Å²) in [6, 6.07) is 6.94. The van der Waals surface area contributed by atoms with Crippen molar-refractivity contribution in [1.29, 1.82) is 0 Å². The Bertz CT molecular complexity index is 1160. The maximum Gasteiger partial charge on any atom is 0.316 e. The largest absolute Gasteiger partial charge is 0.494 e. The Labute approximate surface area is 216 Å². The number of rotatable bonds is 12. The molecule has 3 aromatic rings. The summed E-state index contributed by atoms with van der Waals surface area (Å²) < 4.78 is 45.9. The molecule has 0 saturated heterocycles. The van der Waals surface area contributed by atoms with Crippen LogP contribution >= 0.6 is 11.6 Å². The lowest BCUT2D eigenvalue weighted by Crippen LogP contribution is -2.31. The van der Waals surface area contributed by atoms with Crippen molar-refractivity contribution < 1.29 is 22.6 Å². The molecule has 0 saturated carbocycles. The molecule has 11 nitrogen and oxygen atoms in total. The number of aromatic nitrogens is 4. The van der Waals surface area contributed by atoms with E-state index in [1.54, 1.807) is 24.3 Å². The van der Waals surface area contributed by atoms with E-state index < -0.39 is 10.2 Å². The summed E-state index contributed by atoms with van der Waals surface area (Å²) >= 11 is 6.00. The predicted octanol–water partition coefficient (Wildman–Crippen LogP) is 4.13. The number of nitrogens with one attached hydrogen (secondary N) is 2. The van der Waals surface area contributed by atoms with Gasteiger partial charge in [-0.3, -0.25) is 4.72 Å². The highest BCUT2D eigenvalue weighted by Crippen LogP contribution is 2.34. The molecule has 196 valence electrons.